The van der Waals surface area contributed by atoms with Crippen molar-refractivity contribution in [3.63, 3.8) is 0 Å². The average molecular weight is 377 g/mol. The molecule has 2 aromatic rings. The molecule has 1 aromatic heterocycles. The van der Waals surface area contributed by atoms with E-state index in [1.807, 2.05) is 0 Å². The van der Waals surface area contributed by atoms with E-state index in [-0.39, 0.29) is 22.9 Å². The van der Waals surface area contributed by atoms with E-state index in [1.165, 1.54) is 29.7 Å². The molecule has 1 N–H and O–H groups in total. The Morgan fingerprint density at radius 1 is 1.19 bits per heavy atom. The monoisotopic (exact) mass is 376 g/mol. The van der Waals surface area contributed by atoms with Gasteiger partial charge in [0.05, 0.1) is 16.9 Å². The molecule has 0 bridgehead atoms. The molecule has 4 rings (SSSR count). The van der Waals surface area contributed by atoms with Crippen LogP contribution in [0.25, 0.3) is 5.69 Å². The molecule has 1 aromatic carbocycles. The number of rotatable bonds is 4. The molecular formula is C19H22ClFN4O. The number of halogens is 2. The lowest BCUT2D eigenvalue weighted by molar-refractivity contribution is 0.0908. The summed E-state index contributed by atoms with van der Waals surface area (Å²) in [7, 11) is 0. The quantitative estimate of drug-likeness (QED) is 0.890. The third kappa shape index (κ3) is 3.48. The summed E-state index contributed by atoms with van der Waals surface area (Å²) in [5.74, 6) is -0.519. The molecule has 26 heavy (non-hydrogen) atoms. The maximum atomic E-state index is 13.1. The van der Waals surface area contributed by atoms with E-state index in [1.54, 1.807) is 19.1 Å². The number of carbonyl (C=O) groups is 1. The Morgan fingerprint density at radius 3 is 2.46 bits per heavy atom. The average Bonchev–Trinajstić information content (AvgIpc) is 3.42. The molecule has 1 amide bonds. The SMILES string of the molecule is Cc1nn(-c2ccc(F)cc2)c(Cl)c1C(=O)NC1CCN(C2CC2)CC1. The van der Waals surface area contributed by atoms with Gasteiger partial charge in [0.15, 0.2) is 0 Å². The normalized spacial score (nSPS) is 18.9. The van der Waals surface area contributed by atoms with Crippen LogP contribution in [0.2, 0.25) is 5.15 Å². The summed E-state index contributed by atoms with van der Waals surface area (Å²) >= 11 is 6.43. The molecule has 2 heterocycles. The van der Waals surface area contributed by atoms with Crippen LogP contribution in [0.15, 0.2) is 24.3 Å². The van der Waals surface area contributed by atoms with Gasteiger partial charge >= 0.3 is 0 Å². The van der Waals surface area contributed by atoms with Crippen LogP contribution in [-0.2, 0) is 0 Å². The van der Waals surface area contributed by atoms with Crippen molar-refractivity contribution in [2.24, 2.45) is 0 Å². The standard InChI is InChI=1S/C19H22ClFN4O/c1-12-17(18(20)25(23-12)16-4-2-13(21)3-5-16)19(26)22-14-8-10-24(11-9-14)15-6-7-15/h2-5,14-15H,6-11H2,1H3,(H,22,26). The van der Waals surface area contributed by atoms with Gasteiger partial charge in [-0.1, -0.05) is 11.6 Å². The highest BCUT2D eigenvalue weighted by Crippen LogP contribution is 2.29. The summed E-state index contributed by atoms with van der Waals surface area (Å²) in [6, 6.07) is 6.80. The fourth-order valence-corrected chi connectivity index (χ4v) is 3.97. The molecule has 0 atom stereocenters. The van der Waals surface area contributed by atoms with Crippen LogP contribution in [0.3, 0.4) is 0 Å². The van der Waals surface area contributed by atoms with Crippen LogP contribution in [0.1, 0.15) is 41.7 Å². The lowest BCUT2D eigenvalue weighted by Crippen LogP contribution is -2.45. The van der Waals surface area contributed by atoms with Gasteiger partial charge in [0.25, 0.3) is 5.91 Å². The van der Waals surface area contributed by atoms with Crippen molar-refractivity contribution in [1.29, 1.82) is 0 Å². The Labute approximate surface area is 157 Å². The van der Waals surface area contributed by atoms with Gasteiger partial charge < -0.3 is 10.2 Å². The number of hydrogen-bond donors (Lipinski definition) is 1. The number of aryl methyl sites for hydroxylation is 1. The highest BCUT2D eigenvalue weighted by atomic mass is 35.5. The maximum absolute atomic E-state index is 13.1. The van der Waals surface area contributed by atoms with Gasteiger partial charge in [-0.25, -0.2) is 9.07 Å². The predicted octanol–water partition coefficient (Wildman–Crippen LogP) is 3.33. The molecule has 2 aliphatic rings. The van der Waals surface area contributed by atoms with Gasteiger partial charge in [0.2, 0.25) is 0 Å². The number of benzene rings is 1. The summed E-state index contributed by atoms with van der Waals surface area (Å²) in [5, 5.41) is 7.72. The van der Waals surface area contributed by atoms with Gasteiger partial charge in [-0.2, -0.15) is 5.10 Å². The van der Waals surface area contributed by atoms with Crippen LogP contribution in [-0.4, -0.2) is 45.8 Å². The van der Waals surface area contributed by atoms with Crippen molar-refractivity contribution in [1.82, 2.24) is 20.0 Å². The molecule has 0 radical (unpaired) electrons. The van der Waals surface area contributed by atoms with Crippen LogP contribution in [0.4, 0.5) is 4.39 Å². The Kier molecular flexibility index (Phi) is 4.71. The molecule has 138 valence electrons. The Hall–Kier alpha value is -1.92. The zero-order valence-electron chi connectivity index (χ0n) is 14.7. The van der Waals surface area contributed by atoms with E-state index >= 15 is 0 Å². The number of hydrogen-bond acceptors (Lipinski definition) is 3. The summed E-state index contributed by atoms with van der Waals surface area (Å²) in [6.45, 7) is 3.84. The number of aromatic nitrogens is 2. The Morgan fingerprint density at radius 2 is 1.85 bits per heavy atom. The first-order valence-electron chi connectivity index (χ1n) is 9.09. The summed E-state index contributed by atoms with van der Waals surface area (Å²) in [5.41, 5.74) is 1.57. The van der Waals surface area contributed by atoms with Crippen molar-refractivity contribution in [3.05, 3.63) is 46.5 Å². The Bertz CT molecular complexity index is 808. The second kappa shape index (κ2) is 7.00. The minimum absolute atomic E-state index is 0.169. The number of likely N-dealkylation sites (tertiary alicyclic amines) is 1. The fraction of sp³-hybridized carbons (Fsp3) is 0.474. The van der Waals surface area contributed by atoms with E-state index in [0.29, 0.717) is 16.9 Å². The van der Waals surface area contributed by atoms with Crippen molar-refractivity contribution in [2.75, 3.05) is 13.1 Å². The van der Waals surface area contributed by atoms with Gasteiger partial charge in [-0.3, -0.25) is 4.79 Å². The second-order valence-electron chi connectivity index (χ2n) is 7.15. The maximum Gasteiger partial charge on any atom is 0.256 e. The number of piperidine rings is 1. The minimum Gasteiger partial charge on any atom is -0.349 e. The first kappa shape index (κ1) is 17.5. The van der Waals surface area contributed by atoms with Crippen LogP contribution in [0.5, 0.6) is 0 Å². The van der Waals surface area contributed by atoms with Crippen molar-refractivity contribution >= 4 is 17.5 Å². The lowest BCUT2D eigenvalue weighted by Gasteiger charge is -2.32. The minimum atomic E-state index is -0.329. The van der Waals surface area contributed by atoms with E-state index in [2.05, 4.69) is 15.3 Å². The van der Waals surface area contributed by atoms with Crippen LogP contribution in [0, 0.1) is 12.7 Å². The highest BCUT2D eigenvalue weighted by Gasteiger charge is 2.32. The number of nitrogens with zero attached hydrogens (tertiary/aromatic N) is 3. The van der Waals surface area contributed by atoms with E-state index < -0.39 is 0 Å². The largest absolute Gasteiger partial charge is 0.349 e. The smallest absolute Gasteiger partial charge is 0.256 e. The first-order valence-corrected chi connectivity index (χ1v) is 9.46. The van der Waals surface area contributed by atoms with Gasteiger partial charge in [-0.15, -0.1) is 0 Å². The lowest BCUT2D eigenvalue weighted by atomic mass is 10.0. The van der Waals surface area contributed by atoms with E-state index in [9.17, 15) is 9.18 Å². The molecule has 0 unspecified atom stereocenters. The summed E-state index contributed by atoms with van der Waals surface area (Å²) in [6.07, 6.45) is 4.55. The van der Waals surface area contributed by atoms with E-state index in [0.717, 1.165) is 32.0 Å². The highest BCUT2D eigenvalue weighted by molar-refractivity contribution is 6.33. The molecule has 1 aliphatic carbocycles. The third-order valence-electron chi connectivity index (χ3n) is 5.23. The number of carbonyl (C=O) groups excluding carboxylic acids is 1. The van der Waals surface area contributed by atoms with Gasteiger partial charge in [-0.05, 0) is 56.9 Å². The first-order chi connectivity index (χ1) is 12.5. The Balaban J connectivity index is 1.47. The molecule has 1 saturated heterocycles. The fourth-order valence-electron chi connectivity index (χ4n) is 3.62. The zero-order chi connectivity index (χ0) is 18.3. The van der Waals surface area contributed by atoms with Crippen LogP contribution < -0.4 is 5.32 Å². The molecule has 5 nitrogen and oxygen atoms in total. The predicted molar refractivity (Wildman–Crippen MR) is 98.4 cm³/mol. The topological polar surface area (TPSA) is 50.2 Å². The van der Waals surface area contributed by atoms with E-state index in [4.69, 9.17) is 11.6 Å². The molecule has 0 spiro atoms. The molecule has 1 saturated carbocycles. The van der Waals surface area contributed by atoms with Crippen molar-refractivity contribution in [3.8, 4) is 5.69 Å². The molecule has 7 heteroatoms. The number of nitrogens with one attached hydrogen (secondary N) is 1. The van der Waals surface area contributed by atoms with Gasteiger partial charge in [0.1, 0.15) is 11.0 Å². The van der Waals surface area contributed by atoms with Crippen molar-refractivity contribution < 1.29 is 9.18 Å². The van der Waals surface area contributed by atoms with Gasteiger partial charge in [0, 0.05) is 25.2 Å². The zero-order valence-corrected chi connectivity index (χ0v) is 15.5. The van der Waals surface area contributed by atoms with Crippen LogP contribution >= 0.6 is 11.6 Å². The molecular weight excluding hydrogens is 355 g/mol. The summed E-state index contributed by atoms with van der Waals surface area (Å²) < 4.78 is 14.6. The second-order valence-corrected chi connectivity index (χ2v) is 7.51. The third-order valence-corrected chi connectivity index (χ3v) is 5.58. The summed E-state index contributed by atoms with van der Waals surface area (Å²) in [4.78, 5) is 15.3. The molecule has 1 aliphatic heterocycles. The van der Waals surface area contributed by atoms with Crippen molar-refractivity contribution in [2.45, 2.75) is 44.7 Å². The number of amides is 1. The molecule has 2 fully saturated rings.